The van der Waals surface area contributed by atoms with Gasteiger partial charge in [0, 0.05) is 19.8 Å². The maximum atomic E-state index is 12.1. The largest absolute Gasteiger partial charge is 0.283 e. The fraction of sp³-hybridized carbons (Fsp3) is 0.200. The third-order valence-electron chi connectivity index (χ3n) is 3.11. The molecule has 0 aromatic heterocycles. The van der Waals surface area contributed by atoms with Crippen molar-refractivity contribution in [1.29, 1.82) is 0 Å². The van der Waals surface area contributed by atoms with E-state index in [1.54, 1.807) is 24.3 Å². The minimum Gasteiger partial charge on any atom is -0.283 e. The number of nitrogens with one attached hydrogen (secondary N) is 1. The van der Waals surface area contributed by atoms with E-state index >= 15 is 0 Å². The second-order valence-corrected chi connectivity index (χ2v) is 9.03. The summed E-state index contributed by atoms with van der Waals surface area (Å²) in [6.45, 7) is 0. The predicted molar refractivity (Wildman–Crippen MR) is 90.0 cm³/mol. The van der Waals surface area contributed by atoms with Crippen LogP contribution < -0.4 is 4.72 Å². The summed E-state index contributed by atoms with van der Waals surface area (Å²) in [7, 11) is -4.22. The first-order valence-electron chi connectivity index (χ1n) is 6.78. The summed E-state index contributed by atoms with van der Waals surface area (Å²) >= 11 is 0. The van der Waals surface area contributed by atoms with Crippen LogP contribution in [-0.4, -0.2) is 35.2 Å². The molecule has 0 aliphatic carbocycles. The molecule has 2 aromatic carbocycles. The van der Waals surface area contributed by atoms with Crippen LogP contribution in [0, 0.1) is 0 Å². The molecule has 0 spiro atoms. The quantitative estimate of drug-likeness (QED) is 0.858. The Morgan fingerprint density at radius 1 is 0.870 bits per heavy atom. The molecule has 0 aliphatic rings. The van der Waals surface area contributed by atoms with E-state index in [9.17, 15) is 16.8 Å². The van der Waals surface area contributed by atoms with E-state index in [4.69, 9.17) is 0 Å². The average molecular weight is 354 g/mol. The lowest BCUT2D eigenvalue weighted by atomic mass is 10.2. The van der Waals surface area contributed by atoms with Crippen LogP contribution in [0.5, 0.6) is 0 Å². The number of hydrogen-bond donors (Lipinski definition) is 1. The SMILES string of the molecule is CN(C)S(=O)(=O)c1ccc(NS(=O)(=O)Cc2ccccc2)cc1. The van der Waals surface area contributed by atoms with Crippen molar-refractivity contribution < 1.29 is 16.8 Å². The van der Waals surface area contributed by atoms with Gasteiger partial charge in [-0.15, -0.1) is 0 Å². The molecule has 0 atom stereocenters. The van der Waals surface area contributed by atoms with Crippen molar-refractivity contribution in [3.05, 3.63) is 60.2 Å². The van der Waals surface area contributed by atoms with Gasteiger partial charge in [0.25, 0.3) is 0 Å². The van der Waals surface area contributed by atoms with Gasteiger partial charge in [0.1, 0.15) is 0 Å². The summed E-state index contributed by atoms with van der Waals surface area (Å²) in [5, 5.41) is 0. The van der Waals surface area contributed by atoms with E-state index in [-0.39, 0.29) is 10.6 Å². The summed E-state index contributed by atoms with van der Waals surface area (Å²) in [5.41, 5.74) is 0.991. The Labute approximate surface area is 136 Å². The van der Waals surface area contributed by atoms with Crippen molar-refractivity contribution >= 4 is 25.7 Å². The number of benzene rings is 2. The van der Waals surface area contributed by atoms with E-state index < -0.39 is 20.0 Å². The number of nitrogens with zero attached hydrogens (tertiary/aromatic N) is 1. The van der Waals surface area contributed by atoms with Gasteiger partial charge < -0.3 is 0 Å². The minimum absolute atomic E-state index is 0.105. The first-order chi connectivity index (χ1) is 10.7. The summed E-state index contributed by atoms with van der Waals surface area (Å²) < 4.78 is 51.7. The molecule has 0 aliphatic heterocycles. The number of hydrogen-bond acceptors (Lipinski definition) is 4. The predicted octanol–water partition coefficient (Wildman–Crippen LogP) is 1.88. The molecular formula is C15H18N2O4S2. The molecule has 2 aromatic rings. The molecule has 6 nitrogen and oxygen atoms in total. The lowest BCUT2D eigenvalue weighted by Crippen LogP contribution is -2.22. The Hall–Kier alpha value is -1.90. The van der Waals surface area contributed by atoms with Crippen molar-refractivity contribution in [2.75, 3.05) is 18.8 Å². The molecule has 2 rings (SSSR count). The Morgan fingerprint density at radius 3 is 1.96 bits per heavy atom. The van der Waals surface area contributed by atoms with Gasteiger partial charge in [-0.25, -0.2) is 21.1 Å². The van der Waals surface area contributed by atoms with Crippen LogP contribution in [0.15, 0.2) is 59.5 Å². The van der Waals surface area contributed by atoms with Gasteiger partial charge in [-0.05, 0) is 29.8 Å². The zero-order valence-electron chi connectivity index (χ0n) is 12.8. The molecule has 0 saturated carbocycles. The Balaban J connectivity index is 2.15. The average Bonchev–Trinajstić information content (AvgIpc) is 2.47. The summed E-state index contributed by atoms with van der Waals surface area (Å²) in [4.78, 5) is 0.105. The fourth-order valence-electron chi connectivity index (χ4n) is 1.92. The third kappa shape index (κ3) is 4.54. The highest BCUT2D eigenvalue weighted by molar-refractivity contribution is 7.92. The van der Waals surface area contributed by atoms with E-state index in [0.29, 0.717) is 11.3 Å². The first-order valence-corrected chi connectivity index (χ1v) is 9.87. The van der Waals surface area contributed by atoms with E-state index in [1.807, 2.05) is 6.07 Å². The Kier molecular flexibility index (Phi) is 5.08. The smallest absolute Gasteiger partial charge is 0.242 e. The lowest BCUT2D eigenvalue weighted by Gasteiger charge is -2.12. The lowest BCUT2D eigenvalue weighted by molar-refractivity contribution is 0.521. The molecule has 1 N–H and O–H groups in total. The van der Waals surface area contributed by atoms with Gasteiger partial charge in [0.15, 0.2) is 0 Å². The van der Waals surface area contributed by atoms with Crippen LogP contribution in [0.1, 0.15) is 5.56 Å². The first kappa shape index (κ1) is 17.5. The van der Waals surface area contributed by atoms with Crippen LogP contribution in [0.4, 0.5) is 5.69 Å². The van der Waals surface area contributed by atoms with Crippen LogP contribution in [0.3, 0.4) is 0 Å². The number of rotatable bonds is 6. The van der Waals surface area contributed by atoms with Crippen molar-refractivity contribution in [3.63, 3.8) is 0 Å². The molecule has 0 saturated heterocycles. The summed E-state index contributed by atoms with van der Waals surface area (Å²) in [5.74, 6) is -0.147. The monoisotopic (exact) mass is 354 g/mol. The summed E-state index contributed by atoms with van der Waals surface area (Å²) in [6.07, 6.45) is 0. The molecular weight excluding hydrogens is 336 g/mol. The van der Waals surface area contributed by atoms with Crippen LogP contribution >= 0.6 is 0 Å². The maximum absolute atomic E-state index is 12.1. The molecule has 0 bridgehead atoms. The van der Waals surface area contributed by atoms with Gasteiger partial charge in [0.05, 0.1) is 10.6 Å². The van der Waals surface area contributed by atoms with Crippen LogP contribution in [0.25, 0.3) is 0 Å². The molecule has 8 heteroatoms. The highest BCUT2D eigenvalue weighted by Gasteiger charge is 2.17. The molecule has 0 radical (unpaired) electrons. The maximum Gasteiger partial charge on any atom is 0.242 e. The zero-order chi connectivity index (χ0) is 17.1. The zero-order valence-corrected chi connectivity index (χ0v) is 14.4. The van der Waals surface area contributed by atoms with Crippen LogP contribution in [0.2, 0.25) is 0 Å². The standard InChI is InChI=1S/C15H18N2O4S2/c1-17(2)23(20,21)15-10-8-14(9-11-15)16-22(18,19)12-13-6-4-3-5-7-13/h3-11,16H,12H2,1-2H3. The van der Waals surface area contributed by atoms with E-state index in [2.05, 4.69) is 4.72 Å². The number of anilines is 1. The summed E-state index contributed by atoms with van der Waals surface area (Å²) in [6, 6.07) is 14.4. The van der Waals surface area contributed by atoms with Gasteiger partial charge in [-0.3, -0.25) is 4.72 Å². The van der Waals surface area contributed by atoms with Gasteiger partial charge in [-0.2, -0.15) is 0 Å². The Morgan fingerprint density at radius 2 is 1.43 bits per heavy atom. The second kappa shape index (κ2) is 6.69. The molecule has 0 amide bonds. The topological polar surface area (TPSA) is 83.6 Å². The third-order valence-corrected chi connectivity index (χ3v) is 6.20. The van der Waals surface area contributed by atoms with Crippen LogP contribution in [-0.2, 0) is 25.8 Å². The molecule has 23 heavy (non-hydrogen) atoms. The van der Waals surface area contributed by atoms with Crippen molar-refractivity contribution in [2.45, 2.75) is 10.6 Å². The highest BCUT2D eigenvalue weighted by Crippen LogP contribution is 2.18. The van der Waals surface area contributed by atoms with E-state index in [0.717, 1.165) is 4.31 Å². The van der Waals surface area contributed by atoms with Crippen molar-refractivity contribution in [1.82, 2.24) is 4.31 Å². The molecule has 0 heterocycles. The normalized spacial score (nSPS) is 12.3. The molecule has 0 unspecified atom stereocenters. The molecule has 124 valence electrons. The van der Waals surface area contributed by atoms with Gasteiger partial charge in [-0.1, -0.05) is 30.3 Å². The Bertz CT molecular complexity index is 859. The van der Waals surface area contributed by atoms with E-state index in [1.165, 1.54) is 38.4 Å². The van der Waals surface area contributed by atoms with Crippen molar-refractivity contribution in [2.24, 2.45) is 0 Å². The second-order valence-electron chi connectivity index (χ2n) is 5.16. The molecule has 0 fully saturated rings. The minimum atomic E-state index is -3.56. The highest BCUT2D eigenvalue weighted by atomic mass is 32.2. The number of sulfonamides is 2. The van der Waals surface area contributed by atoms with Gasteiger partial charge in [0.2, 0.25) is 20.0 Å². The fourth-order valence-corrected chi connectivity index (χ4v) is 4.02. The van der Waals surface area contributed by atoms with Crippen molar-refractivity contribution in [3.8, 4) is 0 Å². The van der Waals surface area contributed by atoms with Gasteiger partial charge >= 0.3 is 0 Å².